The van der Waals surface area contributed by atoms with Crippen LogP contribution in [0.25, 0.3) is 0 Å². The molecule has 0 radical (unpaired) electrons. The highest BCUT2D eigenvalue weighted by Gasteiger charge is 2.42. The second kappa shape index (κ2) is 5.70. The van der Waals surface area contributed by atoms with Crippen LogP contribution in [0.2, 0.25) is 0 Å². The number of aryl methyl sites for hydroxylation is 1. The zero-order valence-corrected chi connectivity index (χ0v) is 13.0. The van der Waals surface area contributed by atoms with Gasteiger partial charge in [0.15, 0.2) is 0 Å². The molecule has 2 aliphatic rings. The predicted octanol–water partition coefficient (Wildman–Crippen LogP) is 2.37. The van der Waals surface area contributed by atoms with Gasteiger partial charge in [-0.1, -0.05) is 6.42 Å². The number of hydrogen-bond acceptors (Lipinski definition) is 4. The summed E-state index contributed by atoms with van der Waals surface area (Å²) in [7, 11) is 0. The molecule has 1 N–H and O–H groups in total. The third-order valence-electron chi connectivity index (χ3n) is 5.27. The molecule has 0 spiro atoms. The lowest BCUT2D eigenvalue weighted by Gasteiger charge is -2.28. The van der Waals surface area contributed by atoms with Gasteiger partial charge in [0.2, 0.25) is 5.69 Å². The second-order valence-electron chi connectivity index (χ2n) is 6.58. The Balaban J connectivity index is 1.71. The lowest BCUT2D eigenvalue weighted by Crippen LogP contribution is -2.40. The fourth-order valence-electron chi connectivity index (χ4n) is 4.16. The van der Waals surface area contributed by atoms with Crippen molar-refractivity contribution in [2.24, 2.45) is 17.8 Å². The van der Waals surface area contributed by atoms with E-state index in [-0.39, 0.29) is 17.4 Å². The number of rotatable bonds is 5. The van der Waals surface area contributed by atoms with Gasteiger partial charge in [-0.2, -0.15) is 5.10 Å². The molecule has 2 fully saturated rings. The first-order valence-electron chi connectivity index (χ1n) is 8.02. The molecule has 0 aliphatic heterocycles. The van der Waals surface area contributed by atoms with E-state index in [1.54, 1.807) is 0 Å². The van der Waals surface area contributed by atoms with Gasteiger partial charge in [-0.15, -0.1) is 0 Å². The highest BCUT2D eigenvalue weighted by atomic mass is 16.6. The Bertz CT molecular complexity index is 598. The maximum Gasteiger partial charge on any atom is 0.320 e. The molecular formula is C15H22N4O3. The minimum absolute atomic E-state index is 0.0363. The van der Waals surface area contributed by atoms with Crippen LogP contribution in [0.3, 0.4) is 0 Å². The average molecular weight is 306 g/mol. The van der Waals surface area contributed by atoms with Crippen molar-refractivity contribution in [2.75, 3.05) is 0 Å². The third kappa shape index (κ3) is 2.60. The maximum absolute atomic E-state index is 12.4. The topological polar surface area (TPSA) is 90.1 Å². The van der Waals surface area contributed by atoms with Gasteiger partial charge < -0.3 is 5.32 Å². The normalized spacial score (nSPS) is 27.8. The minimum Gasteiger partial charge on any atom is -0.348 e. The summed E-state index contributed by atoms with van der Waals surface area (Å²) in [5, 5.41) is 18.1. The van der Waals surface area contributed by atoms with Gasteiger partial charge in [0.1, 0.15) is 6.20 Å². The lowest BCUT2D eigenvalue weighted by molar-refractivity contribution is -0.385. The molecule has 7 heteroatoms. The van der Waals surface area contributed by atoms with Gasteiger partial charge in [-0.05, 0) is 50.9 Å². The fourth-order valence-corrected chi connectivity index (χ4v) is 4.16. The average Bonchev–Trinajstić information content (AvgIpc) is 3.20. The summed E-state index contributed by atoms with van der Waals surface area (Å²) >= 11 is 0. The van der Waals surface area contributed by atoms with E-state index in [0.29, 0.717) is 18.4 Å². The molecule has 0 unspecified atom stereocenters. The fraction of sp³-hybridized carbons (Fsp3) is 0.733. The summed E-state index contributed by atoms with van der Waals surface area (Å²) in [4.78, 5) is 22.9. The van der Waals surface area contributed by atoms with Crippen molar-refractivity contribution < 1.29 is 9.72 Å². The highest BCUT2D eigenvalue weighted by molar-refractivity contribution is 5.96. The minimum atomic E-state index is -0.545. The van der Waals surface area contributed by atoms with Gasteiger partial charge in [0, 0.05) is 12.6 Å². The van der Waals surface area contributed by atoms with E-state index in [0.717, 1.165) is 12.3 Å². The number of aromatic nitrogens is 2. The van der Waals surface area contributed by atoms with E-state index >= 15 is 0 Å². The number of amides is 1. The summed E-state index contributed by atoms with van der Waals surface area (Å²) < 4.78 is 1.43. The molecule has 2 bridgehead atoms. The maximum atomic E-state index is 12.4. The van der Waals surface area contributed by atoms with Crippen molar-refractivity contribution in [1.82, 2.24) is 15.1 Å². The Labute approximate surface area is 129 Å². The van der Waals surface area contributed by atoms with Crippen LogP contribution in [-0.4, -0.2) is 26.7 Å². The van der Waals surface area contributed by atoms with Crippen LogP contribution in [0.1, 0.15) is 50.0 Å². The first kappa shape index (κ1) is 15.0. The highest BCUT2D eigenvalue weighted by Crippen LogP contribution is 2.49. The molecule has 0 saturated heterocycles. The van der Waals surface area contributed by atoms with Crippen LogP contribution < -0.4 is 5.32 Å². The van der Waals surface area contributed by atoms with Crippen LogP contribution in [0.4, 0.5) is 5.69 Å². The number of nitrogens with one attached hydrogen (secondary N) is 1. The number of carbonyl (C=O) groups excluding carboxylic acids is 1. The number of hydrogen-bond donors (Lipinski definition) is 1. The third-order valence-corrected chi connectivity index (χ3v) is 5.27. The number of carbonyl (C=O) groups is 1. The summed E-state index contributed by atoms with van der Waals surface area (Å²) in [5.41, 5.74) is -0.304. The van der Waals surface area contributed by atoms with Crippen molar-refractivity contribution in [3.05, 3.63) is 22.0 Å². The zero-order chi connectivity index (χ0) is 15.9. The number of fused-ring (bicyclic) bond motifs is 2. The van der Waals surface area contributed by atoms with Crippen LogP contribution in [-0.2, 0) is 6.54 Å². The van der Waals surface area contributed by atoms with E-state index in [9.17, 15) is 14.9 Å². The van der Waals surface area contributed by atoms with Crippen molar-refractivity contribution in [3.63, 3.8) is 0 Å². The van der Waals surface area contributed by atoms with Gasteiger partial charge in [0.25, 0.3) is 5.91 Å². The molecule has 0 aromatic carbocycles. The van der Waals surface area contributed by atoms with Gasteiger partial charge in [-0.25, -0.2) is 0 Å². The lowest BCUT2D eigenvalue weighted by atomic mass is 9.84. The molecule has 1 aromatic heterocycles. The Morgan fingerprint density at radius 3 is 2.86 bits per heavy atom. The molecule has 2 saturated carbocycles. The Hall–Kier alpha value is -1.92. The molecule has 7 nitrogen and oxygen atoms in total. The molecular weight excluding hydrogens is 284 g/mol. The molecule has 3 rings (SSSR count). The molecule has 1 amide bonds. The Morgan fingerprint density at radius 2 is 2.32 bits per heavy atom. The van der Waals surface area contributed by atoms with Gasteiger partial charge >= 0.3 is 5.69 Å². The zero-order valence-electron chi connectivity index (χ0n) is 13.0. The van der Waals surface area contributed by atoms with Gasteiger partial charge in [-0.3, -0.25) is 19.6 Å². The largest absolute Gasteiger partial charge is 0.348 e. The molecule has 4 atom stereocenters. The molecule has 2 aliphatic carbocycles. The SMILES string of the molecule is CCn1cc([N+](=O)[O-])c(C(=O)N[C@@H](C)[C@@H]2C[C@H]3CC[C@H]2C3)n1. The summed E-state index contributed by atoms with van der Waals surface area (Å²) in [6.07, 6.45) is 6.32. The predicted molar refractivity (Wildman–Crippen MR) is 80.4 cm³/mol. The van der Waals surface area contributed by atoms with E-state index < -0.39 is 10.8 Å². The van der Waals surface area contributed by atoms with Crippen molar-refractivity contribution in [2.45, 2.75) is 52.1 Å². The van der Waals surface area contributed by atoms with Crippen LogP contribution in [0, 0.1) is 27.9 Å². The van der Waals surface area contributed by atoms with Gasteiger partial charge in [0.05, 0.1) is 4.92 Å². The van der Waals surface area contributed by atoms with E-state index in [1.807, 2.05) is 13.8 Å². The quantitative estimate of drug-likeness (QED) is 0.668. The number of nitro groups is 1. The summed E-state index contributed by atoms with van der Waals surface area (Å²) in [6.45, 7) is 4.33. The van der Waals surface area contributed by atoms with E-state index in [4.69, 9.17) is 0 Å². The molecule has 1 heterocycles. The van der Waals surface area contributed by atoms with Crippen LogP contribution in [0.5, 0.6) is 0 Å². The summed E-state index contributed by atoms with van der Waals surface area (Å²) in [5.74, 6) is 1.57. The molecule has 22 heavy (non-hydrogen) atoms. The Kier molecular flexibility index (Phi) is 3.88. The van der Waals surface area contributed by atoms with Crippen molar-refractivity contribution in [1.29, 1.82) is 0 Å². The smallest absolute Gasteiger partial charge is 0.320 e. The molecule has 120 valence electrons. The summed E-state index contributed by atoms with van der Waals surface area (Å²) in [6, 6.07) is 0.0363. The van der Waals surface area contributed by atoms with E-state index in [2.05, 4.69) is 10.4 Å². The molecule has 1 aromatic rings. The van der Waals surface area contributed by atoms with Crippen LogP contribution >= 0.6 is 0 Å². The monoisotopic (exact) mass is 306 g/mol. The van der Waals surface area contributed by atoms with E-state index in [1.165, 1.54) is 30.1 Å². The van der Waals surface area contributed by atoms with Crippen molar-refractivity contribution >= 4 is 11.6 Å². The second-order valence-corrected chi connectivity index (χ2v) is 6.58. The van der Waals surface area contributed by atoms with Crippen LogP contribution in [0.15, 0.2) is 6.20 Å². The standard InChI is InChI=1S/C15H22N4O3/c1-3-18-8-13(19(21)22)14(17-18)15(20)16-9(2)12-7-10-4-5-11(12)6-10/h8-12H,3-7H2,1-2H3,(H,16,20)/t9-,10-,11-,12-/m0/s1. The first-order valence-corrected chi connectivity index (χ1v) is 8.02. The first-order chi connectivity index (χ1) is 10.5. The van der Waals surface area contributed by atoms with Crippen molar-refractivity contribution in [3.8, 4) is 0 Å². The Morgan fingerprint density at radius 1 is 1.55 bits per heavy atom. The number of nitrogens with zero attached hydrogens (tertiary/aromatic N) is 3.